The van der Waals surface area contributed by atoms with Gasteiger partial charge in [-0.15, -0.1) is 11.8 Å². The van der Waals surface area contributed by atoms with Crippen molar-refractivity contribution in [2.24, 2.45) is 0 Å². The first-order chi connectivity index (χ1) is 11.9. The van der Waals surface area contributed by atoms with Gasteiger partial charge in [0.05, 0.1) is 5.25 Å². The molecule has 25 heavy (non-hydrogen) atoms. The third-order valence-corrected chi connectivity index (χ3v) is 5.64. The van der Waals surface area contributed by atoms with E-state index in [1.807, 2.05) is 44.2 Å². The Labute approximate surface area is 158 Å². The number of aryl methyl sites for hydroxylation is 2. The maximum Gasteiger partial charge on any atom is 0.128 e. The van der Waals surface area contributed by atoms with E-state index in [1.165, 1.54) is 23.9 Å². The summed E-state index contributed by atoms with van der Waals surface area (Å²) in [5, 5.41) is -0.390. The van der Waals surface area contributed by atoms with E-state index in [1.54, 1.807) is 6.20 Å². The lowest BCUT2D eigenvalue weighted by Gasteiger charge is -2.20. The molecule has 1 aromatic heterocycles. The maximum absolute atomic E-state index is 14.5. The SMILES string of the molecule is Cc1ccc(SC(c2cnc(Br)cc2C)c2cc(F)ccc2F)cc1. The molecule has 0 aliphatic rings. The van der Waals surface area contributed by atoms with Gasteiger partial charge in [-0.2, -0.15) is 0 Å². The Hall–Kier alpha value is -1.72. The zero-order valence-corrected chi connectivity index (χ0v) is 16.2. The lowest BCUT2D eigenvalue weighted by Crippen LogP contribution is -2.04. The number of thioether (sulfide) groups is 1. The van der Waals surface area contributed by atoms with E-state index in [0.717, 1.165) is 27.7 Å². The van der Waals surface area contributed by atoms with Crippen LogP contribution in [0.1, 0.15) is 27.5 Å². The zero-order valence-electron chi connectivity index (χ0n) is 13.8. The van der Waals surface area contributed by atoms with Crippen LogP contribution in [0.4, 0.5) is 8.78 Å². The van der Waals surface area contributed by atoms with Gasteiger partial charge in [0, 0.05) is 16.7 Å². The van der Waals surface area contributed by atoms with Crippen LogP contribution in [0.2, 0.25) is 0 Å². The maximum atomic E-state index is 14.5. The fraction of sp³-hybridized carbons (Fsp3) is 0.150. The van der Waals surface area contributed by atoms with Crippen molar-refractivity contribution < 1.29 is 8.78 Å². The molecule has 0 saturated carbocycles. The van der Waals surface area contributed by atoms with E-state index in [4.69, 9.17) is 0 Å². The number of hydrogen-bond acceptors (Lipinski definition) is 2. The molecule has 5 heteroatoms. The van der Waals surface area contributed by atoms with E-state index in [2.05, 4.69) is 20.9 Å². The number of hydrogen-bond donors (Lipinski definition) is 0. The third-order valence-electron chi connectivity index (χ3n) is 3.92. The molecule has 1 nitrogen and oxygen atoms in total. The largest absolute Gasteiger partial charge is 0.249 e. The van der Waals surface area contributed by atoms with Gasteiger partial charge in [0.15, 0.2) is 0 Å². The molecule has 0 bridgehead atoms. The normalized spacial score (nSPS) is 12.2. The number of benzene rings is 2. The fourth-order valence-corrected chi connectivity index (χ4v) is 4.26. The van der Waals surface area contributed by atoms with Crippen molar-refractivity contribution in [2.45, 2.75) is 24.0 Å². The van der Waals surface area contributed by atoms with Crippen LogP contribution in [0.5, 0.6) is 0 Å². The van der Waals surface area contributed by atoms with E-state index < -0.39 is 11.6 Å². The number of pyridine rings is 1. The zero-order chi connectivity index (χ0) is 18.0. The van der Waals surface area contributed by atoms with Crippen molar-refractivity contribution in [1.82, 2.24) is 4.98 Å². The van der Waals surface area contributed by atoms with Gasteiger partial charge < -0.3 is 0 Å². The van der Waals surface area contributed by atoms with Gasteiger partial charge in [-0.05, 0) is 77.3 Å². The van der Waals surface area contributed by atoms with Gasteiger partial charge in [0.2, 0.25) is 0 Å². The van der Waals surface area contributed by atoms with Gasteiger partial charge >= 0.3 is 0 Å². The number of nitrogens with zero attached hydrogens (tertiary/aromatic N) is 1. The summed E-state index contributed by atoms with van der Waals surface area (Å²) in [6, 6.07) is 13.5. The Morgan fingerprint density at radius 3 is 2.36 bits per heavy atom. The summed E-state index contributed by atoms with van der Waals surface area (Å²) in [6.07, 6.45) is 1.72. The predicted molar refractivity (Wildman–Crippen MR) is 102 cm³/mol. The van der Waals surface area contributed by atoms with Crippen LogP contribution in [-0.2, 0) is 0 Å². The number of halogens is 3. The van der Waals surface area contributed by atoms with Gasteiger partial charge in [0.25, 0.3) is 0 Å². The van der Waals surface area contributed by atoms with Crippen LogP contribution in [0.15, 0.2) is 64.2 Å². The van der Waals surface area contributed by atoms with E-state index in [9.17, 15) is 8.78 Å². The molecule has 1 atom stereocenters. The summed E-state index contributed by atoms with van der Waals surface area (Å²) in [5.74, 6) is -0.873. The second-order valence-corrected chi connectivity index (χ2v) is 7.83. The molecule has 0 radical (unpaired) electrons. The van der Waals surface area contributed by atoms with Crippen LogP contribution >= 0.6 is 27.7 Å². The van der Waals surface area contributed by atoms with Crippen molar-refractivity contribution in [3.05, 3.63) is 93.2 Å². The van der Waals surface area contributed by atoms with Gasteiger partial charge in [-0.3, -0.25) is 0 Å². The average Bonchev–Trinajstić information content (AvgIpc) is 2.57. The van der Waals surface area contributed by atoms with Gasteiger partial charge in [-0.25, -0.2) is 13.8 Å². The molecule has 1 unspecified atom stereocenters. The molecule has 1 heterocycles. The molecule has 3 aromatic rings. The Bertz CT molecular complexity index is 897. The number of aromatic nitrogens is 1. The lowest BCUT2D eigenvalue weighted by atomic mass is 10.0. The highest BCUT2D eigenvalue weighted by Crippen LogP contribution is 2.42. The van der Waals surface area contributed by atoms with Crippen molar-refractivity contribution in [2.75, 3.05) is 0 Å². The summed E-state index contributed by atoms with van der Waals surface area (Å²) in [5.41, 5.74) is 3.30. The molecule has 2 aromatic carbocycles. The minimum atomic E-state index is -0.450. The van der Waals surface area contributed by atoms with Crippen molar-refractivity contribution >= 4 is 27.7 Å². The van der Waals surface area contributed by atoms with Crippen LogP contribution < -0.4 is 0 Å². The summed E-state index contributed by atoms with van der Waals surface area (Å²) in [4.78, 5) is 5.27. The molecule has 0 saturated heterocycles. The molecule has 128 valence electrons. The molecule has 3 rings (SSSR count). The van der Waals surface area contributed by atoms with Crippen molar-refractivity contribution in [3.8, 4) is 0 Å². The molecule has 0 aliphatic heterocycles. The first-order valence-corrected chi connectivity index (χ1v) is 9.41. The predicted octanol–water partition coefficient (Wildman–Crippen LogP) is 6.62. The van der Waals surface area contributed by atoms with Gasteiger partial charge in [-0.1, -0.05) is 17.7 Å². The minimum Gasteiger partial charge on any atom is -0.249 e. The molecule has 0 amide bonds. The second kappa shape index (κ2) is 7.67. The highest BCUT2D eigenvalue weighted by molar-refractivity contribution is 9.10. The third kappa shape index (κ3) is 4.28. The molecule has 0 aliphatic carbocycles. The molecule has 0 spiro atoms. The molecular formula is C20H16BrF2NS. The first-order valence-electron chi connectivity index (χ1n) is 7.74. The smallest absolute Gasteiger partial charge is 0.128 e. The monoisotopic (exact) mass is 419 g/mol. The van der Waals surface area contributed by atoms with Crippen LogP contribution in [0.25, 0.3) is 0 Å². The molecular weight excluding hydrogens is 404 g/mol. The van der Waals surface area contributed by atoms with E-state index in [0.29, 0.717) is 10.2 Å². The van der Waals surface area contributed by atoms with Crippen LogP contribution in [-0.4, -0.2) is 4.98 Å². The van der Waals surface area contributed by atoms with Crippen molar-refractivity contribution in [3.63, 3.8) is 0 Å². The first kappa shape index (κ1) is 18.1. The van der Waals surface area contributed by atoms with Crippen molar-refractivity contribution in [1.29, 1.82) is 0 Å². The quantitative estimate of drug-likeness (QED) is 0.348. The minimum absolute atomic E-state index is 0.317. The van der Waals surface area contributed by atoms with E-state index in [-0.39, 0.29) is 5.25 Å². The molecule has 0 N–H and O–H groups in total. The van der Waals surface area contributed by atoms with E-state index >= 15 is 0 Å². The highest BCUT2D eigenvalue weighted by Gasteiger charge is 2.22. The summed E-state index contributed by atoms with van der Waals surface area (Å²) < 4.78 is 29.0. The topological polar surface area (TPSA) is 12.9 Å². The second-order valence-electron chi connectivity index (χ2n) is 5.84. The Kier molecular flexibility index (Phi) is 5.54. The lowest BCUT2D eigenvalue weighted by molar-refractivity contribution is 0.587. The summed E-state index contributed by atoms with van der Waals surface area (Å²) >= 11 is 4.84. The standard InChI is InChI=1S/C20H16BrF2NS/c1-12-3-6-15(7-4-12)25-20(16-10-14(22)5-8-18(16)23)17-11-24-19(21)9-13(17)2/h3-11,20H,1-2H3. The number of rotatable bonds is 4. The Morgan fingerprint density at radius 1 is 0.960 bits per heavy atom. The highest BCUT2D eigenvalue weighted by atomic mass is 79.9. The summed E-state index contributed by atoms with van der Waals surface area (Å²) in [6.45, 7) is 3.96. The average molecular weight is 420 g/mol. The Morgan fingerprint density at radius 2 is 1.68 bits per heavy atom. The Balaban J connectivity index is 2.10. The van der Waals surface area contributed by atoms with Gasteiger partial charge in [0.1, 0.15) is 16.2 Å². The molecule has 0 fully saturated rings. The summed E-state index contributed by atoms with van der Waals surface area (Å²) in [7, 11) is 0. The van der Waals surface area contributed by atoms with Crippen LogP contribution in [0, 0.1) is 25.5 Å². The fourth-order valence-electron chi connectivity index (χ4n) is 2.57. The van der Waals surface area contributed by atoms with Crippen LogP contribution in [0.3, 0.4) is 0 Å².